The van der Waals surface area contributed by atoms with Crippen molar-refractivity contribution in [2.24, 2.45) is 0 Å². The molecule has 76 valence electrons. The zero-order valence-corrected chi connectivity index (χ0v) is 8.37. The summed E-state index contributed by atoms with van der Waals surface area (Å²) < 4.78 is 13.0. The van der Waals surface area contributed by atoms with E-state index in [0.29, 0.717) is 0 Å². The Morgan fingerprint density at radius 1 is 1.57 bits per heavy atom. The minimum Gasteiger partial charge on any atom is -0.393 e. The molecule has 0 radical (unpaired) electrons. The largest absolute Gasteiger partial charge is 0.393 e. The maximum Gasteiger partial charge on any atom is 0.123 e. The van der Waals surface area contributed by atoms with Crippen molar-refractivity contribution in [1.82, 2.24) is 0 Å². The van der Waals surface area contributed by atoms with Gasteiger partial charge in [0.15, 0.2) is 0 Å². The first kappa shape index (κ1) is 9.46. The van der Waals surface area contributed by atoms with E-state index in [1.807, 2.05) is 11.9 Å². The van der Waals surface area contributed by atoms with Crippen LogP contribution in [0.25, 0.3) is 0 Å². The van der Waals surface area contributed by atoms with Gasteiger partial charge in [-0.25, -0.2) is 4.39 Å². The third-order valence-corrected chi connectivity index (χ3v) is 2.85. The topological polar surface area (TPSA) is 23.5 Å². The van der Waals surface area contributed by atoms with E-state index in [9.17, 15) is 9.50 Å². The van der Waals surface area contributed by atoms with Crippen molar-refractivity contribution in [2.75, 3.05) is 18.5 Å². The third-order valence-electron chi connectivity index (χ3n) is 2.85. The van der Waals surface area contributed by atoms with Gasteiger partial charge in [0.1, 0.15) is 5.82 Å². The van der Waals surface area contributed by atoms with E-state index >= 15 is 0 Å². The van der Waals surface area contributed by atoms with Crippen LogP contribution >= 0.6 is 0 Å². The molecule has 14 heavy (non-hydrogen) atoms. The Morgan fingerprint density at radius 2 is 2.29 bits per heavy atom. The van der Waals surface area contributed by atoms with Crippen LogP contribution in [0.1, 0.15) is 18.4 Å². The highest BCUT2D eigenvalue weighted by Crippen LogP contribution is 2.37. The van der Waals surface area contributed by atoms with Crippen LogP contribution in [0.4, 0.5) is 10.1 Å². The standard InChI is InChI=1S/C11H14FNO/c1-7(14)10-6-13(2)11-4-3-8(12)5-9(10)11/h3-5,7,10,14H,6H2,1-2H3. The van der Waals surface area contributed by atoms with Crippen LogP contribution in [0.2, 0.25) is 0 Å². The number of halogens is 1. The van der Waals surface area contributed by atoms with Gasteiger partial charge < -0.3 is 10.0 Å². The second kappa shape index (κ2) is 3.24. The summed E-state index contributed by atoms with van der Waals surface area (Å²) in [6.07, 6.45) is -0.430. The predicted molar refractivity (Wildman–Crippen MR) is 54.1 cm³/mol. The fraction of sp³-hybridized carbons (Fsp3) is 0.455. The Kier molecular flexibility index (Phi) is 2.19. The van der Waals surface area contributed by atoms with Gasteiger partial charge in [0.05, 0.1) is 6.10 Å². The third kappa shape index (κ3) is 1.38. The molecular formula is C11H14FNO. The molecule has 0 saturated heterocycles. The maximum atomic E-state index is 13.0. The molecule has 0 aliphatic carbocycles. The van der Waals surface area contributed by atoms with E-state index < -0.39 is 6.10 Å². The molecule has 0 spiro atoms. The monoisotopic (exact) mass is 195 g/mol. The van der Waals surface area contributed by atoms with Gasteiger partial charge in [0.25, 0.3) is 0 Å². The normalized spacial score (nSPS) is 22.3. The molecule has 0 saturated carbocycles. The molecule has 1 aliphatic heterocycles. The Bertz CT molecular complexity index is 351. The molecule has 3 heteroatoms. The summed E-state index contributed by atoms with van der Waals surface area (Å²) >= 11 is 0. The summed E-state index contributed by atoms with van der Waals surface area (Å²) in [4.78, 5) is 2.05. The minimum absolute atomic E-state index is 0.0331. The van der Waals surface area contributed by atoms with Crippen molar-refractivity contribution in [2.45, 2.75) is 18.9 Å². The second-order valence-corrected chi connectivity index (χ2v) is 3.93. The molecule has 0 bridgehead atoms. The molecule has 2 rings (SSSR count). The van der Waals surface area contributed by atoms with Gasteiger partial charge in [-0.05, 0) is 30.7 Å². The summed E-state index contributed by atoms with van der Waals surface area (Å²) in [6, 6.07) is 4.75. The van der Waals surface area contributed by atoms with Gasteiger partial charge in [-0.15, -0.1) is 0 Å². The number of hydrogen-bond donors (Lipinski definition) is 1. The zero-order valence-electron chi connectivity index (χ0n) is 8.37. The van der Waals surface area contributed by atoms with Gasteiger partial charge in [-0.1, -0.05) is 0 Å². The lowest BCUT2D eigenvalue weighted by Gasteiger charge is -2.14. The smallest absolute Gasteiger partial charge is 0.123 e. The molecule has 1 aromatic rings. The minimum atomic E-state index is -0.430. The maximum absolute atomic E-state index is 13.0. The molecule has 0 aromatic heterocycles. The van der Waals surface area contributed by atoms with Crippen molar-refractivity contribution < 1.29 is 9.50 Å². The number of rotatable bonds is 1. The van der Waals surface area contributed by atoms with E-state index in [-0.39, 0.29) is 11.7 Å². The summed E-state index contributed by atoms with van der Waals surface area (Å²) in [5.41, 5.74) is 1.94. The molecule has 1 heterocycles. The summed E-state index contributed by atoms with van der Waals surface area (Å²) in [5, 5.41) is 9.56. The van der Waals surface area contributed by atoms with Crippen molar-refractivity contribution >= 4 is 5.69 Å². The van der Waals surface area contributed by atoms with Gasteiger partial charge in [0.2, 0.25) is 0 Å². The van der Waals surface area contributed by atoms with Gasteiger partial charge in [-0.3, -0.25) is 0 Å². The zero-order chi connectivity index (χ0) is 10.3. The summed E-state index contributed by atoms with van der Waals surface area (Å²) in [6.45, 7) is 2.51. The average Bonchev–Trinajstić information content (AvgIpc) is 2.43. The van der Waals surface area contributed by atoms with Crippen LogP contribution in [0.5, 0.6) is 0 Å². The Morgan fingerprint density at radius 3 is 2.93 bits per heavy atom. The van der Waals surface area contributed by atoms with Crippen LogP contribution < -0.4 is 4.90 Å². The van der Waals surface area contributed by atoms with E-state index in [1.165, 1.54) is 12.1 Å². The lowest BCUT2D eigenvalue weighted by molar-refractivity contribution is 0.167. The van der Waals surface area contributed by atoms with E-state index in [4.69, 9.17) is 0 Å². The SMILES string of the molecule is CC(O)C1CN(C)c2ccc(F)cc21. The number of likely N-dealkylation sites (N-methyl/N-ethyl adjacent to an activating group) is 1. The summed E-state index contributed by atoms with van der Waals surface area (Å²) in [5.74, 6) is -0.199. The first-order valence-corrected chi connectivity index (χ1v) is 4.78. The fourth-order valence-electron chi connectivity index (χ4n) is 2.07. The Balaban J connectivity index is 2.45. The fourth-order valence-corrected chi connectivity index (χ4v) is 2.07. The Labute approximate surface area is 83.0 Å². The lowest BCUT2D eigenvalue weighted by Crippen LogP contribution is -2.21. The highest BCUT2D eigenvalue weighted by molar-refractivity contribution is 5.60. The van der Waals surface area contributed by atoms with Gasteiger partial charge in [0, 0.05) is 25.2 Å². The van der Waals surface area contributed by atoms with Gasteiger partial charge >= 0.3 is 0 Å². The van der Waals surface area contributed by atoms with Crippen LogP contribution in [0, 0.1) is 5.82 Å². The number of aliphatic hydroxyl groups excluding tert-OH is 1. The molecule has 1 N–H and O–H groups in total. The first-order valence-electron chi connectivity index (χ1n) is 4.78. The second-order valence-electron chi connectivity index (χ2n) is 3.93. The molecular weight excluding hydrogens is 181 g/mol. The molecule has 1 aliphatic rings. The number of nitrogens with zero attached hydrogens (tertiary/aromatic N) is 1. The molecule has 2 nitrogen and oxygen atoms in total. The number of benzene rings is 1. The predicted octanol–water partition coefficient (Wildman–Crippen LogP) is 1.74. The van der Waals surface area contributed by atoms with Crippen molar-refractivity contribution in [3.05, 3.63) is 29.6 Å². The Hall–Kier alpha value is -1.09. The molecule has 0 amide bonds. The van der Waals surface area contributed by atoms with Crippen molar-refractivity contribution in [3.8, 4) is 0 Å². The lowest BCUT2D eigenvalue weighted by atomic mass is 9.96. The molecule has 1 aromatic carbocycles. The van der Waals surface area contributed by atoms with Crippen molar-refractivity contribution in [3.63, 3.8) is 0 Å². The van der Waals surface area contributed by atoms with E-state index in [0.717, 1.165) is 17.8 Å². The summed E-state index contributed by atoms with van der Waals surface area (Å²) in [7, 11) is 1.96. The molecule has 0 fully saturated rings. The van der Waals surface area contributed by atoms with Crippen LogP contribution in [0.3, 0.4) is 0 Å². The molecule has 2 atom stereocenters. The molecule has 2 unspecified atom stereocenters. The quantitative estimate of drug-likeness (QED) is 0.737. The van der Waals surface area contributed by atoms with Crippen LogP contribution in [-0.2, 0) is 0 Å². The number of aliphatic hydroxyl groups is 1. The van der Waals surface area contributed by atoms with E-state index in [2.05, 4.69) is 0 Å². The number of anilines is 1. The van der Waals surface area contributed by atoms with Crippen molar-refractivity contribution in [1.29, 1.82) is 0 Å². The van der Waals surface area contributed by atoms with Gasteiger partial charge in [-0.2, -0.15) is 0 Å². The van der Waals surface area contributed by atoms with E-state index in [1.54, 1.807) is 13.0 Å². The highest BCUT2D eigenvalue weighted by Gasteiger charge is 2.29. The van der Waals surface area contributed by atoms with Crippen LogP contribution in [0.15, 0.2) is 18.2 Å². The first-order chi connectivity index (χ1) is 6.59. The number of fused-ring (bicyclic) bond motifs is 1. The highest BCUT2D eigenvalue weighted by atomic mass is 19.1. The number of hydrogen-bond acceptors (Lipinski definition) is 2. The van der Waals surface area contributed by atoms with Crippen LogP contribution in [-0.4, -0.2) is 24.8 Å². The average molecular weight is 195 g/mol.